The molecule has 1 fully saturated rings. The highest BCUT2D eigenvalue weighted by molar-refractivity contribution is 8.00. The number of aromatic nitrogens is 8. The van der Waals surface area contributed by atoms with Crippen molar-refractivity contribution in [2.45, 2.75) is 40.5 Å². The third-order valence-corrected chi connectivity index (χ3v) is 7.29. The number of anilines is 1. The number of benzene rings is 1. The van der Waals surface area contributed by atoms with Crippen LogP contribution in [0.4, 0.5) is 19.0 Å². The highest BCUT2D eigenvalue weighted by atomic mass is 35.5. The Bertz CT molecular complexity index is 1530. The number of hydrogen-bond donors (Lipinski definition) is 5. The fourth-order valence-electron chi connectivity index (χ4n) is 3.91. The summed E-state index contributed by atoms with van der Waals surface area (Å²) < 4.78 is 51.7. The molecule has 3 aromatic heterocycles. The number of nitrogen functional groups attached to an aromatic ring is 1. The first-order chi connectivity index (χ1) is 18.9. The SMILES string of the molecule is Nc1nc(Cl)nc2c1ncn2[C@@H]1O[C@H](COC(Sc2ccc(C(F)(F)F)cc2)(C(=O)O)c2nn[nH]n2)[C@@H](O)[C@H]1O. The Morgan fingerprint density at radius 3 is 2.58 bits per heavy atom. The average Bonchev–Trinajstić information content (AvgIpc) is 3.63. The molecule has 4 heterocycles. The summed E-state index contributed by atoms with van der Waals surface area (Å²) in [5.74, 6) is -2.14. The fraction of sp³-hybridized carbons (Fsp3) is 0.350. The molecule has 0 amide bonds. The van der Waals surface area contributed by atoms with Crippen molar-refractivity contribution in [3.8, 4) is 0 Å². The number of hydrogen-bond acceptors (Lipinski definition) is 13. The number of imidazole rings is 1. The minimum absolute atomic E-state index is 0.0340. The molecule has 0 saturated carbocycles. The highest BCUT2D eigenvalue weighted by Gasteiger charge is 2.51. The van der Waals surface area contributed by atoms with Gasteiger partial charge < -0.3 is 30.5 Å². The van der Waals surface area contributed by atoms with Gasteiger partial charge in [-0.05, 0) is 35.9 Å². The minimum atomic E-state index is -4.60. The van der Waals surface area contributed by atoms with Gasteiger partial charge in [0.2, 0.25) is 11.1 Å². The maximum absolute atomic E-state index is 13.0. The van der Waals surface area contributed by atoms with Crippen molar-refractivity contribution < 1.29 is 42.8 Å². The lowest BCUT2D eigenvalue weighted by molar-refractivity contribution is -0.161. The average molecular weight is 604 g/mol. The summed E-state index contributed by atoms with van der Waals surface area (Å²) in [7, 11) is 0. The molecule has 5 atom stereocenters. The summed E-state index contributed by atoms with van der Waals surface area (Å²) in [6, 6.07) is 3.65. The molecular formula is C20H17ClF3N9O6S. The lowest BCUT2D eigenvalue weighted by atomic mass is 10.1. The molecule has 1 unspecified atom stereocenters. The normalized spacial score (nSPS) is 22.9. The van der Waals surface area contributed by atoms with Crippen molar-refractivity contribution in [2.75, 3.05) is 12.3 Å². The molecular weight excluding hydrogens is 587 g/mol. The van der Waals surface area contributed by atoms with Crippen LogP contribution < -0.4 is 5.73 Å². The third-order valence-electron chi connectivity index (χ3n) is 5.85. The van der Waals surface area contributed by atoms with Crippen molar-refractivity contribution >= 4 is 46.3 Å². The Labute approximate surface area is 229 Å². The number of fused-ring (bicyclic) bond motifs is 1. The zero-order valence-electron chi connectivity index (χ0n) is 19.6. The number of halogens is 4. The molecule has 1 aliphatic rings. The molecule has 0 radical (unpaired) electrons. The van der Waals surface area contributed by atoms with E-state index in [2.05, 4.69) is 35.6 Å². The van der Waals surface area contributed by atoms with Crippen LogP contribution in [0, 0.1) is 0 Å². The predicted octanol–water partition coefficient (Wildman–Crippen LogP) is 0.959. The van der Waals surface area contributed by atoms with E-state index in [0.29, 0.717) is 11.8 Å². The second-order valence-electron chi connectivity index (χ2n) is 8.34. The Kier molecular flexibility index (Phi) is 7.27. The number of aliphatic hydroxyl groups excluding tert-OH is 2. The number of tetrazole rings is 1. The lowest BCUT2D eigenvalue weighted by Gasteiger charge is -2.27. The Morgan fingerprint density at radius 2 is 1.95 bits per heavy atom. The summed E-state index contributed by atoms with van der Waals surface area (Å²) in [6.45, 7) is -0.645. The van der Waals surface area contributed by atoms with Gasteiger partial charge in [-0.2, -0.15) is 28.4 Å². The molecule has 1 aliphatic heterocycles. The molecule has 6 N–H and O–H groups in total. The number of ether oxygens (including phenoxy) is 2. The number of nitrogens with zero attached hydrogens (tertiary/aromatic N) is 7. The molecule has 0 aliphatic carbocycles. The number of nitrogens with one attached hydrogen (secondary N) is 1. The van der Waals surface area contributed by atoms with Crippen molar-refractivity contribution in [2.24, 2.45) is 0 Å². The van der Waals surface area contributed by atoms with E-state index in [1.54, 1.807) is 0 Å². The van der Waals surface area contributed by atoms with Gasteiger partial charge in [0.25, 0.3) is 4.93 Å². The number of carboxylic acid groups (broad SMARTS) is 1. The van der Waals surface area contributed by atoms with Crippen LogP contribution in [0.15, 0.2) is 35.5 Å². The smallest absolute Gasteiger partial charge is 0.416 e. The van der Waals surface area contributed by atoms with Crippen LogP contribution in [-0.2, 0) is 25.4 Å². The standard InChI is InChI=1S/C20H17ClF3N9O6S/c21-18-27-13(25)10-14(28-18)33(6-26-10)15-12(35)11(34)9(39-15)5-38-19(17(36)37,16-29-31-32-30-16)40-8-3-1-7(2-4-8)20(22,23)24/h1-4,6,9,11-12,15,34-35H,5H2,(H,36,37)(H2,25,27,28)(H,29,30,31,32)/t9-,11-,12-,15-,19?/m1/s1. The number of H-pyrrole nitrogens is 1. The molecule has 1 aromatic carbocycles. The predicted molar refractivity (Wildman–Crippen MR) is 127 cm³/mol. The monoisotopic (exact) mass is 603 g/mol. The number of carboxylic acids is 1. The zero-order valence-corrected chi connectivity index (χ0v) is 21.2. The molecule has 15 nitrogen and oxygen atoms in total. The van der Waals surface area contributed by atoms with E-state index < -0.39 is 59.6 Å². The highest BCUT2D eigenvalue weighted by Crippen LogP contribution is 2.43. The molecule has 0 bridgehead atoms. The fourth-order valence-corrected chi connectivity index (χ4v) is 5.08. The first-order valence-electron chi connectivity index (χ1n) is 11.1. The second-order valence-corrected chi connectivity index (χ2v) is 9.93. The number of carbonyl (C=O) groups is 1. The summed E-state index contributed by atoms with van der Waals surface area (Å²) in [4.78, 5) is 22.0. The van der Waals surface area contributed by atoms with Crippen molar-refractivity contribution in [3.05, 3.63) is 47.3 Å². The molecule has 20 heteroatoms. The Morgan fingerprint density at radius 1 is 1.23 bits per heavy atom. The van der Waals surface area contributed by atoms with Gasteiger partial charge in [0.1, 0.15) is 23.8 Å². The summed E-state index contributed by atoms with van der Waals surface area (Å²) in [6.07, 6.45) is -9.11. The number of aliphatic hydroxyl groups is 2. The number of aromatic amines is 1. The minimum Gasteiger partial charge on any atom is -0.478 e. The van der Waals surface area contributed by atoms with Gasteiger partial charge in [-0.15, -0.1) is 10.2 Å². The molecule has 4 aromatic rings. The molecule has 212 valence electrons. The molecule has 40 heavy (non-hydrogen) atoms. The molecule has 1 saturated heterocycles. The molecule has 0 spiro atoms. The van der Waals surface area contributed by atoms with Crippen LogP contribution >= 0.6 is 23.4 Å². The summed E-state index contributed by atoms with van der Waals surface area (Å²) >= 11 is 6.36. The van der Waals surface area contributed by atoms with E-state index in [9.17, 15) is 33.3 Å². The maximum Gasteiger partial charge on any atom is 0.416 e. The van der Waals surface area contributed by atoms with Crippen LogP contribution in [0.25, 0.3) is 11.2 Å². The number of alkyl halides is 3. The van der Waals surface area contributed by atoms with Crippen LogP contribution in [-0.4, -0.2) is 86.4 Å². The summed E-state index contributed by atoms with van der Waals surface area (Å²) in [5.41, 5.74) is 5.11. The number of thioether (sulfide) groups is 1. The number of rotatable bonds is 8. The van der Waals surface area contributed by atoms with Gasteiger partial charge in [0.15, 0.2) is 17.7 Å². The van der Waals surface area contributed by atoms with E-state index in [1.165, 1.54) is 10.9 Å². The largest absolute Gasteiger partial charge is 0.478 e. The van der Waals surface area contributed by atoms with Crippen LogP contribution in [0.2, 0.25) is 5.28 Å². The maximum atomic E-state index is 13.0. The second kappa shape index (κ2) is 10.4. The van der Waals surface area contributed by atoms with Gasteiger partial charge in [0.05, 0.1) is 18.5 Å². The van der Waals surface area contributed by atoms with Crippen molar-refractivity contribution in [1.29, 1.82) is 0 Å². The zero-order chi connectivity index (χ0) is 28.8. The summed E-state index contributed by atoms with van der Waals surface area (Å²) in [5, 5.41) is 44.2. The van der Waals surface area contributed by atoms with E-state index in [-0.39, 0.29) is 27.2 Å². The van der Waals surface area contributed by atoms with E-state index in [4.69, 9.17) is 26.8 Å². The van der Waals surface area contributed by atoms with E-state index in [0.717, 1.165) is 24.3 Å². The van der Waals surface area contributed by atoms with Crippen molar-refractivity contribution in [1.82, 2.24) is 40.1 Å². The Balaban J connectivity index is 1.41. The van der Waals surface area contributed by atoms with Gasteiger partial charge in [-0.3, -0.25) is 4.57 Å². The molecule has 5 rings (SSSR count). The van der Waals surface area contributed by atoms with Gasteiger partial charge in [-0.25, -0.2) is 9.78 Å². The quantitative estimate of drug-likeness (QED) is 0.108. The number of nitrogens with two attached hydrogens (primary N) is 1. The number of aliphatic carboxylic acids is 1. The van der Waals surface area contributed by atoms with Crippen LogP contribution in [0.1, 0.15) is 17.6 Å². The first kappa shape index (κ1) is 27.9. The first-order valence-corrected chi connectivity index (χ1v) is 12.2. The van der Waals surface area contributed by atoms with Crippen molar-refractivity contribution in [3.63, 3.8) is 0 Å². The topological polar surface area (TPSA) is 220 Å². The lowest BCUT2D eigenvalue weighted by Crippen LogP contribution is -2.41. The van der Waals surface area contributed by atoms with Gasteiger partial charge >= 0.3 is 12.1 Å². The van der Waals surface area contributed by atoms with Gasteiger partial charge in [0, 0.05) is 4.90 Å². The van der Waals surface area contributed by atoms with Gasteiger partial charge in [-0.1, -0.05) is 17.0 Å². The Hall–Kier alpha value is -3.62. The van der Waals surface area contributed by atoms with Crippen LogP contribution in [0.3, 0.4) is 0 Å². The van der Waals surface area contributed by atoms with E-state index in [1.807, 2.05) is 0 Å². The third kappa shape index (κ3) is 5.02. The van der Waals surface area contributed by atoms with Crippen LogP contribution in [0.5, 0.6) is 0 Å². The van der Waals surface area contributed by atoms with E-state index >= 15 is 0 Å².